The number of guanidine groups is 1. The van der Waals surface area contributed by atoms with Gasteiger partial charge in [0.15, 0.2) is 0 Å². The minimum Gasteiger partial charge on any atom is -0.321 e. The van der Waals surface area contributed by atoms with Crippen LogP contribution in [-0.2, 0) is 11.3 Å². The maximum atomic E-state index is 13.1. The maximum Gasteiger partial charge on any atom is 0.281 e. The van der Waals surface area contributed by atoms with Gasteiger partial charge in [-0.3, -0.25) is 4.79 Å². The molecule has 3 aromatic rings. The summed E-state index contributed by atoms with van der Waals surface area (Å²) in [6.45, 7) is 2.52. The monoisotopic (exact) mass is 367 g/mol. The zero-order valence-electron chi connectivity index (χ0n) is 15.7. The molecule has 1 saturated heterocycles. The molecule has 0 radical (unpaired) electrons. The molecule has 0 saturated carbocycles. The first kappa shape index (κ1) is 17.7. The Hall–Kier alpha value is -3.66. The second kappa shape index (κ2) is 7.92. The van der Waals surface area contributed by atoms with E-state index in [9.17, 15) is 4.79 Å². The number of nitrogens with zero attached hydrogens (tertiary/aromatic N) is 2. The quantitative estimate of drug-likeness (QED) is 0.689. The molecule has 1 aliphatic heterocycles. The normalized spacial score (nSPS) is 16.6. The minimum atomic E-state index is -0.112. The Morgan fingerprint density at radius 1 is 0.893 bits per heavy atom. The van der Waals surface area contributed by atoms with Crippen molar-refractivity contribution in [3.8, 4) is 0 Å². The van der Waals surface area contributed by atoms with Crippen LogP contribution in [0.3, 0.4) is 0 Å². The lowest BCUT2D eigenvalue weighted by Gasteiger charge is -2.15. The zero-order valence-corrected chi connectivity index (χ0v) is 15.7. The van der Waals surface area contributed by atoms with Crippen molar-refractivity contribution in [2.75, 3.05) is 4.90 Å². The van der Waals surface area contributed by atoms with E-state index in [1.165, 1.54) is 0 Å². The molecular weight excluding hydrogens is 346 g/mol. The number of hydrogen-bond donors (Lipinski definition) is 1. The Labute approximate surface area is 164 Å². The number of rotatable bonds is 4. The highest BCUT2D eigenvalue weighted by Crippen LogP contribution is 2.23. The highest BCUT2D eigenvalue weighted by molar-refractivity contribution is 6.29. The number of benzene rings is 3. The molecule has 1 aliphatic rings. The summed E-state index contributed by atoms with van der Waals surface area (Å²) in [4.78, 5) is 19.5. The van der Waals surface area contributed by atoms with Gasteiger partial charge < -0.3 is 5.32 Å². The Balaban J connectivity index is 1.69. The van der Waals surface area contributed by atoms with Gasteiger partial charge in [0, 0.05) is 0 Å². The summed E-state index contributed by atoms with van der Waals surface area (Å²) in [6, 6.07) is 27.7. The lowest BCUT2D eigenvalue weighted by molar-refractivity contribution is -0.113. The predicted molar refractivity (Wildman–Crippen MR) is 114 cm³/mol. The van der Waals surface area contributed by atoms with E-state index < -0.39 is 0 Å². The van der Waals surface area contributed by atoms with Crippen LogP contribution in [0.2, 0.25) is 0 Å². The van der Waals surface area contributed by atoms with E-state index in [1.54, 1.807) is 4.90 Å². The number of carbonyl (C=O) groups excluding carboxylic acids is 1. The second-order valence-electron chi connectivity index (χ2n) is 6.70. The summed E-state index contributed by atoms with van der Waals surface area (Å²) in [5.41, 5.74) is 4.51. The summed E-state index contributed by atoms with van der Waals surface area (Å²) in [6.07, 6.45) is 1.86. The SMILES string of the molecule is Cc1ccc(N2C(=O)/C(=C\c3ccccc3)NC2=NCc2ccccc2)cc1. The molecule has 1 N–H and O–H groups in total. The number of amides is 1. The number of aliphatic imine (C=N–C) groups is 1. The fourth-order valence-electron chi connectivity index (χ4n) is 3.05. The molecule has 0 aromatic heterocycles. The molecule has 138 valence electrons. The Morgan fingerprint density at radius 3 is 2.21 bits per heavy atom. The van der Waals surface area contributed by atoms with E-state index in [2.05, 4.69) is 10.3 Å². The molecule has 4 rings (SSSR count). The van der Waals surface area contributed by atoms with Crippen LogP contribution in [-0.4, -0.2) is 11.9 Å². The first-order chi connectivity index (χ1) is 13.7. The van der Waals surface area contributed by atoms with Crippen LogP contribution >= 0.6 is 0 Å². The summed E-state index contributed by atoms with van der Waals surface area (Å²) in [5, 5.41) is 3.21. The molecule has 1 fully saturated rings. The van der Waals surface area contributed by atoms with E-state index in [0.717, 1.165) is 22.4 Å². The summed E-state index contributed by atoms with van der Waals surface area (Å²) in [5.74, 6) is 0.430. The van der Waals surface area contributed by atoms with E-state index in [1.807, 2.05) is 97.9 Å². The lowest BCUT2D eigenvalue weighted by atomic mass is 10.2. The van der Waals surface area contributed by atoms with Crippen molar-refractivity contribution in [1.29, 1.82) is 0 Å². The third-order valence-electron chi connectivity index (χ3n) is 4.55. The van der Waals surface area contributed by atoms with Crippen molar-refractivity contribution in [2.45, 2.75) is 13.5 Å². The van der Waals surface area contributed by atoms with Crippen LogP contribution in [0, 0.1) is 6.92 Å². The zero-order chi connectivity index (χ0) is 19.3. The first-order valence-corrected chi connectivity index (χ1v) is 9.24. The molecule has 4 heteroatoms. The smallest absolute Gasteiger partial charge is 0.281 e. The summed E-state index contributed by atoms with van der Waals surface area (Å²) in [7, 11) is 0. The second-order valence-corrected chi connectivity index (χ2v) is 6.70. The molecule has 3 aromatic carbocycles. The third kappa shape index (κ3) is 3.86. The topological polar surface area (TPSA) is 44.7 Å². The average Bonchev–Trinajstić information content (AvgIpc) is 3.04. The van der Waals surface area contributed by atoms with Crippen LogP contribution in [0.25, 0.3) is 6.08 Å². The van der Waals surface area contributed by atoms with Crippen molar-refractivity contribution >= 4 is 23.6 Å². The number of carbonyl (C=O) groups is 1. The lowest BCUT2D eigenvalue weighted by Crippen LogP contribution is -2.32. The molecule has 0 atom stereocenters. The number of aryl methyl sites for hydroxylation is 1. The van der Waals surface area contributed by atoms with Gasteiger partial charge in [0.2, 0.25) is 5.96 Å². The first-order valence-electron chi connectivity index (χ1n) is 9.24. The fourth-order valence-corrected chi connectivity index (χ4v) is 3.05. The van der Waals surface area contributed by atoms with Crippen molar-refractivity contribution in [1.82, 2.24) is 5.32 Å². The van der Waals surface area contributed by atoms with Gasteiger partial charge in [0.1, 0.15) is 5.70 Å². The van der Waals surface area contributed by atoms with Gasteiger partial charge >= 0.3 is 0 Å². The van der Waals surface area contributed by atoms with Crippen molar-refractivity contribution < 1.29 is 4.79 Å². The van der Waals surface area contributed by atoms with Gasteiger partial charge in [-0.05, 0) is 36.3 Å². The molecule has 0 spiro atoms. The van der Waals surface area contributed by atoms with Crippen molar-refractivity contribution in [3.63, 3.8) is 0 Å². The molecular formula is C24H21N3O. The Bertz CT molecular complexity index is 1020. The maximum absolute atomic E-state index is 13.1. The molecule has 0 aliphatic carbocycles. The van der Waals surface area contributed by atoms with Gasteiger partial charge in [-0.25, -0.2) is 9.89 Å². The largest absolute Gasteiger partial charge is 0.321 e. The minimum absolute atomic E-state index is 0.112. The van der Waals surface area contributed by atoms with E-state index in [4.69, 9.17) is 0 Å². The molecule has 0 unspecified atom stereocenters. The number of anilines is 1. The number of nitrogens with one attached hydrogen (secondary N) is 1. The van der Waals surface area contributed by atoms with Gasteiger partial charge in [0.25, 0.3) is 5.91 Å². The highest BCUT2D eigenvalue weighted by atomic mass is 16.2. The van der Waals surface area contributed by atoms with E-state index in [0.29, 0.717) is 18.2 Å². The van der Waals surface area contributed by atoms with Gasteiger partial charge in [-0.1, -0.05) is 78.4 Å². The molecule has 1 heterocycles. The van der Waals surface area contributed by atoms with Crippen LogP contribution < -0.4 is 10.2 Å². The Kier molecular flexibility index (Phi) is 5.02. The van der Waals surface area contributed by atoms with Crippen LogP contribution in [0.5, 0.6) is 0 Å². The van der Waals surface area contributed by atoms with Crippen LogP contribution in [0.4, 0.5) is 5.69 Å². The van der Waals surface area contributed by atoms with Crippen LogP contribution in [0.15, 0.2) is 95.6 Å². The third-order valence-corrected chi connectivity index (χ3v) is 4.55. The van der Waals surface area contributed by atoms with E-state index >= 15 is 0 Å². The molecule has 0 bridgehead atoms. The average molecular weight is 367 g/mol. The van der Waals surface area contributed by atoms with Gasteiger partial charge in [-0.15, -0.1) is 0 Å². The van der Waals surface area contributed by atoms with E-state index in [-0.39, 0.29) is 5.91 Å². The summed E-state index contributed by atoms with van der Waals surface area (Å²) < 4.78 is 0. The standard InChI is InChI=1S/C24H21N3O/c1-18-12-14-21(15-13-18)27-23(28)22(16-19-8-4-2-5-9-19)26-24(27)25-17-20-10-6-3-7-11-20/h2-16H,17H2,1H3,(H,25,26)/b22-16+. The van der Waals surface area contributed by atoms with Crippen LogP contribution in [0.1, 0.15) is 16.7 Å². The summed E-state index contributed by atoms with van der Waals surface area (Å²) >= 11 is 0. The molecule has 1 amide bonds. The fraction of sp³-hybridized carbons (Fsp3) is 0.0833. The highest BCUT2D eigenvalue weighted by Gasteiger charge is 2.33. The van der Waals surface area contributed by atoms with Gasteiger partial charge in [-0.2, -0.15) is 0 Å². The molecule has 4 nitrogen and oxygen atoms in total. The van der Waals surface area contributed by atoms with Crippen molar-refractivity contribution in [3.05, 3.63) is 107 Å². The predicted octanol–water partition coefficient (Wildman–Crippen LogP) is 4.53. The number of hydrogen-bond acceptors (Lipinski definition) is 2. The van der Waals surface area contributed by atoms with Gasteiger partial charge in [0.05, 0.1) is 12.2 Å². The van der Waals surface area contributed by atoms with Crippen molar-refractivity contribution in [2.24, 2.45) is 4.99 Å². The Morgan fingerprint density at radius 2 is 1.54 bits per heavy atom. The molecule has 28 heavy (non-hydrogen) atoms.